The topological polar surface area (TPSA) is 49.7 Å². The molecule has 3 nitrogen and oxygen atoms in total. The van der Waals surface area contributed by atoms with Crippen LogP contribution in [0, 0.1) is 0 Å². The molecule has 4 heteroatoms. The minimum Gasteiger partial charge on any atom is -0.392 e. The van der Waals surface area contributed by atoms with Crippen molar-refractivity contribution in [3.8, 4) is 0 Å². The number of hydrogen-bond acceptors (Lipinski definition) is 4. The second-order valence-electron chi connectivity index (χ2n) is 2.21. The van der Waals surface area contributed by atoms with E-state index in [0.717, 1.165) is 11.9 Å². The number of aliphatic hydroxyl groups excluding tert-OH is 1. The summed E-state index contributed by atoms with van der Waals surface area (Å²) in [6.07, 6.45) is 2.29. The van der Waals surface area contributed by atoms with Crippen molar-refractivity contribution in [3.63, 3.8) is 0 Å². The fourth-order valence-electron chi connectivity index (χ4n) is 0.766. The Morgan fingerprint density at radius 1 is 1.91 bits per heavy atom. The second kappa shape index (κ2) is 3.69. The average Bonchev–Trinajstić information content (AvgIpc) is 2.04. The monoisotopic (exact) mass is 171 g/mol. The van der Waals surface area contributed by atoms with E-state index in [2.05, 4.69) is 4.99 Å². The Bertz CT molecular complexity index is 222. The number of carbonyl (C=O) groups is 1. The molecule has 0 fully saturated rings. The standard InChI is InChI=1S/C7H9NO2S/c1-5-6(3-9)2-8-7(4-10)11-5/h2,4-5,9H,3H2,1H3. The van der Waals surface area contributed by atoms with Crippen molar-refractivity contribution < 1.29 is 9.90 Å². The van der Waals surface area contributed by atoms with E-state index in [0.29, 0.717) is 5.04 Å². The van der Waals surface area contributed by atoms with Gasteiger partial charge >= 0.3 is 0 Å². The first-order valence-corrected chi connectivity index (χ1v) is 4.15. The Morgan fingerprint density at radius 2 is 2.64 bits per heavy atom. The summed E-state index contributed by atoms with van der Waals surface area (Å²) in [5, 5.41) is 9.43. The lowest BCUT2D eigenvalue weighted by atomic mass is 10.2. The van der Waals surface area contributed by atoms with E-state index in [9.17, 15) is 4.79 Å². The third-order valence-corrected chi connectivity index (χ3v) is 2.56. The molecule has 11 heavy (non-hydrogen) atoms. The number of aldehydes is 1. The zero-order valence-electron chi connectivity index (χ0n) is 6.15. The van der Waals surface area contributed by atoms with Gasteiger partial charge < -0.3 is 5.11 Å². The number of aliphatic imine (C=N–C) groups is 1. The summed E-state index contributed by atoms with van der Waals surface area (Å²) in [5.41, 5.74) is 0.862. The highest BCUT2D eigenvalue weighted by Gasteiger charge is 2.15. The zero-order chi connectivity index (χ0) is 8.27. The number of hydrogen-bond donors (Lipinski definition) is 1. The lowest BCUT2D eigenvalue weighted by Gasteiger charge is -2.15. The summed E-state index contributed by atoms with van der Waals surface area (Å²) in [4.78, 5) is 14.1. The van der Waals surface area contributed by atoms with E-state index >= 15 is 0 Å². The highest BCUT2D eigenvalue weighted by atomic mass is 32.2. The summed E-state index contributed by atoms with van der Waals surface area (Å²) in [6, 6.07) is 0. The zero-order valence-corrected chi connectivity index (χ0v) is 6.97. The molecule has 0 aliphatic carbocycles. The Labute approximate surface area is 69.2 Å². The molecule has 0 aromatic carbocycles. The van der Waals surface area contributed by atoms with Gasteiger partial charge in [0.15, 0.2) is 6.29 Å². The maximum atomic E-state index is 10.3. The SMILES string of the molecule is CC1SC(C=O)=NC=C1CO. The lowest BCUT2D eigenvalue weighted by Crippen LogP contribution is -2.13. The normalized spacial score (nSPS) is 24.0. The summed E-state index contributed by atoms with van der Waals surface area (Å²) >= 11 is 1.37. The largest absolute Gasteiger partial charge is 0.392 e. The highest BCUT2D eigenvalue weighted by molar-refractivity contribution is 8.16. The van der Waals surface area contributed by atoms with Gasteiger partial charge in [-0.25, -0.2) is 4.99 Å². The van der Waals surface area contributed by atoms with E-state index in [-0.39, 0.29) is 11.9 Å². The van der Waals surface area contributed by atoms with Crippen LogP contribution in [0.1, 0.15) is 6.92 Å². The van der Waals surface area contributed by atoms with E-state index in [4.69, 9.17) is 5.11 Å². The third kappa shape index (κ3) is 1.91. The first-order valence-electron chi connectivity index (χ1n) is 3.27. The van der Waals surface area contributed by atoms with Gasteiger partial charge in [-0.2, -0.15) is 0 Å². The first kappa shape index (κ1) is 8.49. The number of nitrogens with zero attached hydrogens (tertiary/aromatic N) is 1. The van der Waals surface area contributed by atoms with Gasteiger partial charge in [0.2, 0.25) is 0 Å². The molecule has 0 amide bonds. The predicted molar refractivity (Wildman–Crippen MR) is 45.7 cm³/mol. The molecule has 0 aromatic heterocycles. The third-order valence-electron chi connectivity index (χ3n) is 1.46. The van der Waals surface area contributed by atoms with Gasteiger partial charge in [0, 0.05) is 11.4 Å². The molecular weight excluding hydrogens is 162 g/mol. The fourth-order valence-corrected chi connectivity index (χ4v) is 1.58. The van der Waals surface area contributed by atoms with Crippen molar-refractivity contribution in [1.82, 2.24) is 0 Å². The molecule has 1 N–H and O–H groups in total. The van der Waals surface area contributed by atoms with E-state index in [1.807, 2.05) is 6.92 Å². The fraction of sp³-hybridized carbons (Fsp3) is 0.429. The van der Waals surface area contributed by atoms with Crippen LogP contribution in [-0.4, -0.2) is 28.3 Å². The summed E-state index contributed by atoms with van der Waals surface area (Å²) in [5.74, 6) is 0. The summed E-state index contributed by atoms with van der Waals surface area (Å²) in [6.45, 7) is 1.95. The smallest absolute Gasteiger partial charge is 0.174 e. The van der Waals surface area contributed by atoms with Gasteiger partial charge in [0.1, 0.15) is 5.04 Å². The molecule has 1 heterocycles. The minimum absolute atomic E-state index is 0.0177. The van der Waals surface area contributed by atoms with Gasteiger partial charge in [0.25, 0.3) is 0 Å². The van der Waals surface area contributed by atoms with Crippen LogP contribution >= 0.6 is 11.8 Å². The quantitative estimate of drug-likeness (QED) is 0.619. The van der Waals surface area contributed by atoms with Crippen LogP contribution < -0.4 is 0 Å². The van der Waals surface area contributed by atoms with Crippen molar-refractivity contribution >= 4 is 23.1 Å². The van der Waals surface area contributed by atoms with E-state index in [1.165, 1.54) is 11.8 Å². The maximum absolute atomic E-state index is 10.3. The summed E-state index contributed by atoms with van der Waals surface area (Å²) < 4.78 is 0. The van der Waals surface area contributed by atoms with Crippen molar-refractivity contribution in [3.05, 3.63) is 11.8 Å². The van der Waals surface area contributed by atoms with Crippen LogP contribution in [0.25, 0.3) is 0 Å². The van der Waals surface area contributed by atoms with Gasteiger partial charge in [-0.05, 0) is 12.5 Å². The Kier molecular flexibility index (Phi) is 2.84. The molecule has 0 spiro atoms. The van der Waals surface area contributed by atoms with E-state index < -0.39 is 0 Å². The maximum Gasteiger partial charge on any atom is 0.174 e. The predicted octanol–water partition coefficient (Wildman–Crippen LogP) is 0.595. The summed E-state index contributed by atoms with van der Waals surface area (Å²) in [7, 11) is 0. The van der Waals surface area contributed by atoms with Crippen LogP contribution in [0.4, 0.5) is 0 Å². The molecule has 0 bridgehead atoms. The molecule has 1 aliphatic rings. The second-order valence-corrected chi connectivity index (χ2v) is 3.57. The highest BCUT2D eigenvalue weighted by Crippen LogP contribution is 2.23. The Morgan fingerprint density at radius 3 is 3.09 bits per heavy atom. The van der Waals surface area contributed by atoms with Crippen molar-refractivity contribution in [2.75, 3.05) is 6.61 Å². The number of rotatable bonds is 2. The molecule has 0 radical (unpaired) electrons. The van der Waals surface area contributed by atoms with Crippen LogP contribution in [0.2, 0.25) is 0 Å². The molecule has 0 aromatic rings. The molecule has 0 saturated carbocycles. The molecule has 1 atom stereocenters. The molecule has 0 saturated heterocycles. The first-order chi connectivity index (χ1) is 5.27. The van der Waals surface area contributed by atoms with Crippen LogP contribution in [-0.2, 0) is 4.79 Å². The van der Waals surface area contributed by atoms with Gasteiger partial charge in [0.05, 0.1) is 6.61 Å². The van der Waals surface area contributed by atoms with Gasteiger partial charge in [-0.1, -0.05) is 11.8 Å². The van der Waals surface area contributed by atoms with E-state index in [1.54, 1.807) is 6.20 Å². The molecule has 60 valence electrons. The van der Waals surface area contributed by atoms with Gasteiger partial charge in [-0.3, -0.25) is 4.79 Å². The van der Waals surface area contributed by atoms with Gasteiger partial charge in [-0.15, -0.1) is 0 Å². The number of thioether (sulfide) groups is 1. The van der Waals surface area contributed by atoms with Crippen LogP contribution in [0.3, 0.4) is 0 Å². The lowest BCUT2D eigenvalue weighted by molar-refractivity contribution is -0.102. The number of aliphatic hydroxyl groups is 1. The number of carbonyl (C=O) groups excluding carboxylic acids is 1. The van der Waals surface area contributed by atoms with Crippen LogP contribution in [0.15, 0.2) is 16.8 Å². The van der Waals surface area contributed by atoms with Crippen LogP contribution in [0.5, 0.6) is 0 Å². The van der Waals surface area contributed by atoms with Crippen molar-refractivity contribution in [1.29, 1.82) is 0 Å². The Hall–Kier alpha value is -0.610. The molecule has 1 unspecified atom stereocenters. The van der Waals surface area contributed by atoms with Crippen molar-refractivity contribution in [2.24, 2.45) is 4.99 Å². The van der Waals surface area contributed by atoms with Crippen molar-refractivity contribution in [2.45, 2.75) is 12.2 Å². The molecular formula is C7H9NO2S. The minimum atomic E-state index is 0.0177. The Balaban J connectivity index is 2.76. The molecule has 1 rings (SSSR count). The average molecular weight is 171 g/mol. The molecule has 1 aliphatic heterocycles.